The molecule has 0 atom stereocenters. The Balaban J connectivity index is 1.88. The molecule has 5 nitrogen and oxygen atoms in total. The van der Waals surface area contributed by atoms with E-state index in [1.54, 1.807) is 0 Å². The lowest BCUT2D eigenvalue weighted by Gasteiger charge is -2.21. The standard InChI is InChI=1S/C22H24N2O3S/c1-13-7-14(2)9-16(8-13)17-10-18-20(15-3-5-28(26,27)6-4-15)12-24-21(18)19(11-17)22(23)25/h7-12,15,24H,3-6H2,1-2H3,(H2,23,25). The maximum atomic E-state index is 12.1. The number of benzene rings is 2. The number of aryl methyl sites for hydroxylation is 2. The first kappa shape index (κ1) is 18.7. The molecule has 1 aliphatic rings. The summed E-state index contributed by atoms with van der Waals surface area (Å²) < 4.78 is 23.6. The van der Waals surface area contributed by atoms with Crippen LogP contribution in [0.25, 0.3) is 22.0 Å². The largest absolute Gasteiger partial charge is 0.366 e. The van der Waals surface area contributed by atoms with E-state index in [-0.39, 0.29) is 17.4 Å². The van der Waals surface area contributed by atoms with Crippen LogP contribution in [-0.4, -0.2) is 30.8 Å². The molecule has 0 spiro atoms. The van der Waals surface area contributed by atoms with Gasteiger partial charge in [0.2, 0.25) is 0 Å². The Hall–Kier alpha value is -2.60. The van der Waals surface area contributed by atoms with Crippen LogP contribution in [0.4, 0.5) is 0 Å². The van der Waals surface area contributed by atoms with Crippen LogP contribution in [0, 0.1) is 13.8 Å². The first-order chi connectivity index (χ1) is 13.2. The second-order valence-corrected chi connectivity index (χ2v) is 10.2. The first-order valence-corrected chi connectivity index (χ1v) is 11.3. The van der Waals surface area contributed by atoms with E-state index in [4.69, 9.17) is 5.73 Å². The lowest BCUT2D eigenvalue weighted by Crippen LogP contribution is -2.22. The molecule has 3 aromatic rings. The van der Waals surface area contributed by atoms with Crippen molar-refractivity contribution < 1.29 is 13.2 Å². The highest BCUT2D eigenvalue weighted by molar-refractivity contribution is 7.91. The number of amides is 1. The summed E-state index contributed by atoms with van der Waals surface area (Å²) in [6.07, 6.45) is 3.12. The summed E-state index contributed by atoms with van der Waals surface area (Å²) in [5, 5.41) is 0.953. The van der Waals surface area contributed by atoms with E-state index in [1.165, 1.54) is 0 Å². The molecule has 1 fully saturated rings. The second-order valence-electron chi connectivity index (χ2n) is 7.86. The van der Waals surface area contributed by atoms with Crippen molar-refractivity contribution in [2.45, 2.75) is 32.6 Å². The van der Waals surface area contributed by atoms with Crippen molar-refractivity contribution in [2.75, 3.05) is 11.5 Å². The molecule has 1 saturated heterocycles. The molecule has 4 rings (SSSR count). The van der Waals surface area contributed by atoms with Crippen LogP contribution in [0.2, 0.25) is 0 Å². The van der Waals surface area contributed by atoms with Crippen molar-refractivity contribution >= 4 is 26.6 Å². The van der Waals surface area contributed by atoms with E-state index in [0.29, 0.717) is 18.4 Å². The summed E-state index contributed by atoms with van der Waals surface area (Å²) in [6.45, 7) is 4.10. The van der Waals surface area contributed by atoms with Crippen molar-refractivity contribution in [1.29, 1.82) is 0 Å². The van der Waals surface area contributed by atoms with E-state index < -0.39 is 15.7 Å². The molecule has 1 aromatic heterocycles. The molecule has 0 bridgehead atoms. The molecular weight excluding hydrogens is 372 g/mol. The number of hydrogen-bond donors (Lipinski definition) is 2. The van der Waals surface area contributed by atoms with Crippen LogP contribution in [0.15, 0.2) is 36.5 Å². The van der Waals surface area contributed by atoms with Gasteiger partial charge in [-0.05, 0) is 61.4 Å². The van der Waals surface area contributed by atoms with Gasteiger partial charge in [-0.2, -0.15) is 0 Å². The minimum Gasteiger partial charge on any atom is -0.366 e. The number of carbonyl (C=O) groups is 1. The molecule has 2 aromatic carbocycles. The molecule has 6 heteroatoms. The Bertz CT molecular complexity index is 1160. The third-order valence-corrected chi connectivity index (χ3v) is 7.35. The molecular formula is C22H24N2O3S. The topological polar surface area (TPSA) is 93.0 Å². The fourth-order valence-electron chi connectivity index (χ4n) is 4.29. The van der Waals surface area contributed by atoms with Crippen LogP contribution >= 0.6 is 0 Å². The predicted octanol–water partition coefficient (Wildman–Crippen LogP) is 3.84. The van der Waals surface area contributed by atoms with Crippen molar-refractivity contribution in [3.8, 4) is 11.1 Å². The Morgan fingerprint density at radius 3 is 2.21 bits per heavy atom. The van der Waals surface area contributed by atoms with Crippen LogP contribution in [0.1, 0.15) is 45.8 Å². The van der Waals surface area contributed by atoms with E-state index >= 15 is 0 Å². The number of primary amides is 1. The van der Waals surface area contributed by atoms with E-state index in [9.17, 15) is 13.2 Å². The number of fused-ring (bicyclic) bond motifs is 1. The average Bonchev–Trinajstić information content (AvgIpc) is 3.04. The van der Waals surface area contributed by atoms with Gasteiger partial charge in [-0.3, -0.25) is 4.79 Å². The SMILES string of the molecule is Cc1cc(C)cc(-c2cc(C(N)=O)c3[nH]cc(C4CCS(=O)(=O)CC4)c3c2)c1. The van der Waals surface area contributed by atoms with Crippen molar-refractivity contribution in [2.24, 2.45) is 5.73 Å². The number of H-pyrrole nitrogens is 1. The second kappa shape index (κ2) is 6.78. The summed E-state index contributed by atoms with van der Waals surface area (Å²) in [6, 6.07) is 10.2. The molecule has 3 N–H and O–H groups in total. The van der Waals surface area contributed by atoms with Crippen LogP contribution in [0.5, 0.6) is 0 Å². The summed E-state index contributed by atoms with van der Waals surface area (Å²) in [5.41, 5.74) is 12.2. The van der Waals surface area contributed by atoms with E-state index in [0.717, 1.165) is 38.7 Å². The summed E-state index contributed by atoms with van der Waals surface area (Å²) in [7, 11) is -2.93. The maximum absolute atomic E-state index is 12.1. The highest BCUT2D eigenvalue weighted by atomic mass is 32.2. The number of carbonyl (C=O) groups excluding carboxylic acids is 1. The zero-order valence-corrected chi connectivity index (χ0v) is 16.9. The van der Waals surface area contributed by atoms with Gasteiger partial charge < -0.3 is 10.7 Å². The smallest absolute Gasteiger partial charge is 0.250 e. The zero-order valence-electron chi connectivity index (χ0n) is 16.1. The quantitative estimate of drug-likeness (QED) is 0.704. The van der Waals surface area contributed by atoms with E-state index in [2.05, 4.69) is 29.2 Å². The van der Waals surface area contributed by atoms with Gasteiger partial charge in [-0.15, -0.1) is 0 Å². The normalized spacial score (nSPS) is 17.1. The molecule has 0 saturated carbocycles. The van der Waals surface area contributed by atoms with E-state index in [1.807, 2.05) is 26.1 Å². The maximum Gasteiger partial charge on any atom is 0.250 e. The summed E-state index contributed by atoms with van der Waals surface area (Å²) in [4.78, 5) is 15.3. The highest BCUT2D eigenvalue weighted by Crippen LogP contribution is 2.37. The van der Waals surface area contributed by atoms with Gasteiger partial charge in [0.15, 0.2) is 0 Å². The monoisotopic (exact) mass is 396 g/mol. The van der Waals surface area contributed by atoms with Gasteiger partial charge in [0.05, 0.1) is 22.6 Å². The molecule has 0 aliphatic carbocycles. The lowest BCUT2D eigenvalue weighted by molar-refractivity contribution is 0.100. The Morgan fingerprint density at radius 1 is 1.00 bits per heavy atom. The molecule has 1 amide bonds. The van der Waals surface area contributed by atoms with Crippen LogP contribution in [0.3, 0.4) is 0 Å². The number of nitrogens with two attached hydrogens (primary N) is 1. The minimum atomic E-state index is -2.93. The Labute approximate surface area is 164 Å². The highest BCUT2D eigenvalue weighted by Gasteiger charge is 2.27. The van der Waals surface area contributed by atoms with Crippen LogP contribution in [-0.2, 0) is 9.84 Å². The van der Waals surface area contributed by atoms with Gasteiger partial charge in [0.1, 0.15) is 9.84 Å². The van der Waals surface area contributed by atoms with Gasteiger partial charge >= 0.3 is 0 Å². The number of nitrogens with one attached hydrogen (secondary N) is 1. The molecule has 146 valence electrons. The molecule has 0 radical (unpaired) electrons. The van der Waals surface area contributed by atoms with Gasteiger partial charge in [0, 0.05) is 11.6 Å². The average molecular weight is 397 g/mol. The number of aromatic nitrogens is 1. The van der Waals surface area contributed by atoms with Crippen molar-refractivity contribution in [3.63, 3.8) is 0 Å². The summed E-state index contributed by atoms with van der Waals surface area (Å²) >= 11 is 0. The zero-order chi connectivity index (χ0) is 20.1. The van der Waals surface area contributed by atoms with Gasteiger partial charge in [-0.1, -0.05) is 29.3 Å². The van der Waals surface area contributed by atoms with Gasteiger partial charge in [0.25, 0.3) is 5.91 Å². The van der Waals surface area contributed by atoms with Crippen molar-refractivity contribution in [3.05, 3.63) is 58.8 Å². The Morgan fingerprint density at radius 2 is 1.61 bits per heavy atom. The van der Waals surface area contributed by atoms with Crippen molar-refractivity contribution in [1.82, 2.24) is 4.98 Å². The predicted molar refractivity (Wildman–Crippen MR) is 112 cm³/mol. The van der Waals surface area contributed by atoms with Crippen LogP contribution < -0.4 is 5.73 Å². The third kappa shape index (κ3) is 3.44. The molecule has 28 heavy (non-hydrogen) atoms. The molecule has 0 unspecified atom stereocenters. The number of aromatic amines is 1. The third-order valence-electron chi connectivity index (χ3n) is 5.64. The summed E-state index contributed by atoms with van der Waals surface area (Å²) in [5.74, 6) is 0.108. The number of hydrogen-bond acceptors (Lipinski definition) is 3. The molecule has 1 aliphatic heterocycles. The molecule has 2 heterocycles. The number of rotatable bonds is 3. The Kier molecular flexibility index (Phi) is 4.54. The number of sulfone groups is 1. The first-order valence-electron chi connectivity index (χ1n) is 9.47. The fourth-order valence-corrected chi connectivity index (χ4v) is 5.79. The minimum absolute atomic E-state index is 0.160. The fraction of sp³-hybridized carbons (Fsp3) is 0.318. The van der Waals surface area contributed by atoms with Gasteiger partial charge in [-0.25, -0.2) is 8.42 Å². The lowest BCUT2D eigenvalue weighted by atomic mass is 9.90.